The molecule has 0 radical (unpaired) electrons. The molecule has 0 spiro atoms. The first-order valence-corrected chi connectivity index (χ1v) is 11.1. The van der Waals surface area contributed by atoms with E-state index in [0.29, 0.717) is 18.0 Å². The topological polar surface area (TPSA) is 86.9 Å². The number of nitrogens with zero attached hydrogens (tertiary/aromatic N) is 3. The van der Waals surface area contributed by atoms with Crippen molar-refractivity contribution in [3.05, 3.63) is 65.5 Å². The molecular weight excluding hydrogens is 463 g/mol. The molecule has 0 saturated carbocycles. The van der Waals surface area contributed by atoms with Crippen LogP contribution in [0.3, 0.4) is 0 Å². The van der Waals surface area contributed by atoms with E-state index in [1.807, 2.05) is 23.9 Å². The van der Waals surface area contributed by atoms with Gasteiger partial charge in [-0.2, -0.15) is 13.2 Å². The van der Waals surface area contributed by atoms with Crippen LogP contribution in [-0.2, 0) is 17.8 Å². The summed E-state index contributed by atoms with van der Waals surface area (Å²) in [4.78, 5) is 26.1. The number of aliphatic carboxylic acids is 1. The van der Waals surface area contributed by atoms with Crippen molar-refractivity contribution < 1.29 is 32.4 Å². The van der Waals surface area contributed by atoms with E-state index in [1.54, 1.807) is 6.07 Å². The molecule has 0 aliphatic carbocycles. The van der Waals surface area contributed by atoms with E-state index >= 15 is 0 Å². The number of carbonyl (C=O) groups is 2. The zero-order chi connectivity index (χ0) is 25.8. The van der Waals surface area contributed by atoms with Crippen LogP contribution in [0.25, 0.3) is 10.8 Å². The predicted octanol–water partition coefficient (Wildman–Crippen LogP) is 4.76. The number of carboxylic acid groups (broad SMARTS) is 1. The Morgan fingerprint density at radius 1 is 1.17 bits per heavy atom. The standard InChI is InChI=1S/C23H27N3O2.C2HF3O2/c1-23(15-18-10-6-9-17-8-4-5-11-20(17)18)12-7-13-26(23)22(27)21-14-19(28-24-21)16-25(2)3;3-2(4,5)1(6)7/h4-6,8-11,14H,7,12-13,15-16H2,1-3H3;(H,6,7). The SMILES string of the molecule is CN(C)Cc1cc(C(=O)N2CCCC2(C)Cc2cccc3ccccc23)no1.O=C(O)C(F)(F)F. The molecule has 3 aromatic rings. The molecule has 1 aliphatic rings. The van der Waals surface area contributed by atoms with Crippen LogP contribution < -0.4 is 0 Å². The lowest BCUT2D eigenvalue weighted by atomic mass is 9.87. The third-order valence-corrected chi connectivity index (χ3v) is 5.94. The second kappa shape index (κ2) is 10.5. The Bertz CT molecular complexity index is 1190. The van der Waals surface area contributed by atoms with E-state index in [0.717, 1.165) is 25.8 Å². The monoisotopic (exact) mass is 491 g/mol. The minimum absolute atomic E-state index is 0.0333. The molecule has 2 aromatic carbocycles. The third-order valence-electron chi connectivity index (χ3n) is 5.94. The van der Waals surface area contributed by atoms with Gasteiger partial charge in [-0.3, -0.25) is 4.79 Å². The van der Waals surface area contributed by atoms with Crippen molar-refractivity contribution in [1.29, 1.82) is 0 Å². The van der Waals surface area contributed by atoms with Crippen LogP contribution in [-0.4, -0.2) is 64.3 Å². The van der Waals surface area contributed by atoms with Crippen LogP contribution in [0.2, 0.25) is 0 Å². The number of alkyl halides is 3. The zero-order valence-electron chi connectivity index (χ0n) is 19.8. The lowest BCUT2D eigenvalue weighted by Crippen LogP contribution is -2.46. The van der Waals surface area contributed by atoms with Crippen molar-refractivity contribution in [2.75, 3.05) is 20.6 Å². The van der Waals surface area contributed by atoms with Gasteiger partial charge < -0.3 is 19.4 Å². The maximum absolute atomic E-state index is 13.2. The molecule has 1 aliphatic heterocycles. The molecule has 0 bridgehead atoms. The summed E-state index contributed by atoms with van der Waals surface area (Å²) in [5.74, 6) is -2.08. The fourth-order valence-electron chi connectivity index (χ4n) is 4.35. The second-order valence-electron chi connectivity index (χ2n) is 9.09. The van der Waals surface area contributed by atoms with Crippen molar-refractivity contribution in [1.82, 2.24) is 15.0 Å². The summed E-state index contributed by atoms with van der Waals surface area (Å²) < 4.78 is 37.1. The summed E-state index contributed by atoms with van der Waals surface area (Å²) in [5.41, 5.74) is 1.47. The summed E-state index contributed by atoms with van der Waals surface area (Å²) in [6.45, 7) is 3.59. The van der Waals surface area contributed by atoms with Gasteiger partial charge in [0.15, 0.2) is 11.5 Å². The molecule has 188 valence electrons. The van der Waals surface area contributed by atoms with E-state index in [2.05, 4.69) is 54.5 Å². The molecule has 7 nitrogen and oxygen atoms in total. The summed E-state index contributed by atoms with van der Waals surface area (Å²) in [6.07, 6.45) is -2.25. The Morgan fingerprint density at radius 3 is 2.49 bits per heavy atom. The average molecular weight is 492 g/mol. The highest BCUT2D eigenvalue weighted by Gasteiger charge is 2.41. The van der Waals surface area contributed by atoms with Crippen molar-refractivity contribution in [2.45, 2.75) is 44.4 Å². The van der Waals surface area contributed by atoms with Gasteiger partial charge in [-0.05, 0) is 56.6 Å². The minimum Gasteiger partial charge on any atom is -0.475 e. The normalized spacial score (nSPS) is 18.0. The van der Waals surface area contributed by atoms with Gasteiger partial charge in [0.25, 0.3) is 5.91 Å². The molecule has 35 heavy (non-hydrogen) atoms. The molecule has 1 amide bonds. The molecule has 4 rings (SSSR count). The number of likely N-dealkylation sites (tertiary alicyclic amines) is 1. The summed E-state index contributed by atoms with van der Waals surface area (Å²) in [5, 5.41) is 13.7. The van der Waals surface area contributed by atoms with E-state index in [9.17, 15) is 18.0 Å². The number of aromatic nitrogens is 1. The molecule has 1 atom stereocenters. The lowest BCUT2D eigenvalue weighted by Gasteiger charge is -2.35. The van der Waals surface area contributed by atoms with Crippen LogP contribution in [0.5, 0.6) is 0 Å². The molecule has 1 fully saturated rings. The number of amides is 1. The van der Waals surface area contributed by atoms with Crippen LogP contribution >= 0.6 is 0 Å². The number of fused-ring (bicyclic) bond motifs is 1. The molecule has 2 heterocycles. The Balaban J connectivity index is 0.000000429. The van der Waals surface area contributed by atoms with Crippen LogP contribution in [0.4, 0.5) is 13.2 Å². The van der Waals surface area contributed by atoms with Crippen LogP contribution in [0.15, 0.2) is 53.1 Å². The number of rotatable bonds is 5. The van der Waals surface area contributed by atoms with Crippen LogP contribution in [0.1, 0.15) is 41.6 Å². The van der Waals surface area contributed by atoms with Crippen molar-refractivity contribution in [3.63, 3.8) is 0 Å². The highest BCUT2D eigenvalue weighted by molar-refractivity contribution is 5.93. The molecule has 1 saturated heterocycles. The van der Waals surface area contributed by atoms with Gasteiger partial charge in [0.1, 0.15) is 0 Å². The first kappa shape index (κ1) is 26.2. The van der Waals surface area contributed by atoms with Crippen molar-refractivity contribution in [2.24, 2.45) is 0 Å². The molecule has 1 N–H and O–H groups in total. The van der Waals surface area contributed by atoms with Gasteiger partial charge in [-0.15, -0.1) is 0 Å². The zero-order valence-corrected chi connectivity index (χ0v) is 19.8. The van der Waals surface area contributed by atoms with Gasteiger partial charge in [0, 0.05) is 18.2 Å². The average Bonchev–Trinajstić information content (AvgIpc) is 3.39. The highest BCUT2D eigenvalue weighted by atomic mass is 19.4. The number of carboxylic acids is 1. The number of benzene rings is 2. The first-order chi connectivity index (χ1) is 16.4. The first-order valence-electron chi connectivity index (χ1n) is 11.1. The Kier molecular flexibility index (Phi) is 7.84. The van der Waals surface area contributed by atoms with Gasteiger partial charge in [0.05, 0.1) is 6.54 Å². The maximum atomic E-state index is 13.2. The highest BCUT2D eigenvalue weighted by Crippen LogP contribution is 2.35. The van der Waals surface area contributed by atoms with E-state index < -0.39 is 12.1 Å². The number of hydrogen-bond donors (Lipinski definition) is 1. The van der Waals surface area contributed by atoms with Crippen LogP contribution in [0, 0.1) is 0 Å². The Morgan fingerprint density at radius 2 is 1.83 bits per heavy atom. The van der Waals surface area contributed by atoms with E-state index in [-0.39, 0.29) is 11.4 Å². The minimum atomic E-state index is -5.08. The third kappa shape index (κ3) is 6.39. The molecule has 1 aromatic heterocycles. The maximum Gasteiger partial charge on any atom is 0.490 e. The smallest absolute Gasteiger partial charge is 0.475 e. The predicted molar refractivity (Wildman–Crippen MR) is 124 cm³/mol. The second-order valence-corrected chi connectivity index (χ2v) is 9.09. The fraction of sp³-hybridized carbons (Fsp3) is 0.400. The Labute approximate surface area is 201 Å². The Hall–Kier alpha value is -3.40. The number of hydrogen-bond acceptors (Lipinski definition) is 5. The van der Waals surface area contributed by atoms with Gasteiger partial charge in [0.2, 0.25) is 0 Å². The number of carbonyl (C=O) groups excluding carboxylic acids is 1. The molecule has 10 heteroatoms. The summed E-state index contributed by atoms with van der Waals surface area (Å²) >= 11 is 0. The van der Waals surface area contributed by atoms with Crippen molar-refractivity contribution >= 4 is 22.6 Å². The molecular formula is C25H28F3N3O4. The largest absolute Gasteiger partial charge is 0.490 e. The summed E-state index contributed by atoms with van der Waals surface area (Å²) in [6, 6.07) is 16.6. The van der Waals surface area contributed by atoms with Gasteiger partial charge in [-0.25, -0.2) is 4.79 Å². The molecule has 1 unspecified atom stereocenters. The fourth-order valence-corrected chi connectivity index (χ4v) is 4.35. The summed E-state index contributed by atoms with van der Waals surface area (Å²) in [7, 11) is 3.93. The lowest BCUT2D eigenvalue weighted by molar-refractivity contribution is -0.192. The van der Waals surface area contributed by atoms with Gasteiger partial charge in [-0.1, -0.05) is 47.6 Å². The van der Waals surface area contributed by atoms with Gasteiger partial charge >= 0.3 is 12.1 Å². The van der Waals surface area contributed by atoms with Crippen molar-refractivity contribution in [3.8, 4) is 0 Å². The van der Waals surface area contributed by atoms with E-state index in [1.165, 1.54) is 16.3 Å². The quantitative estimate of drug-likeness (QED) is 0.554. The van der Waals surface area contributed by atoms with E-state index in [4.69, 9.17) is 14.4 Å². The number of halogens is 3.